The Hall–Kier alpha value is -1.45. The van der Waals surface area contributed by atoms with E-state index in [9.17, 15) is 8.42 Å². The first kappa shape index (κ1) is 19.8. The van der Waals surface area contributed by atoms with Gasteiger partial charge in [-0.3, -0.25) is 0 Å². The topological polar surface area (TPSA) is 53.5 Å². The highest BCUT2D eigenvalue weighted by Crippen LogP contribution is 2.30. The van der Waals surface area contributed by atoms with Gasteiger partial charge in [-0.2, -0.15) is 4.31 Å². The molecule has 1 saturated heterocycles. The lowest BCUT2D eigenvalue weighted by Gasteiger charge is -2.33. The monoisotopic (exact) mass is 497 g/mol. The average Bonchev–Trinajstić information content (AvgIpc) is 3.19. The molecule has 1 aliphatic rings. The van der Waals surface area contributed by atoms with E-state index in [0.29, 0.717) is 31.2 Å². The summed E-state index contributed by atoms with van der Waals surface area (Å²) >= 11 is 10.9. The Kier molecular flexibility index (Phi) is 5.76. The van der Waals surface area contributed by atoms with Gasteiger partial charge in [-0.05, 0) is 36.4 Å². The molecule has 2 heterocycles. The summed E-state index contributed by atoms with van der Waals surface area (Å²) in [5.74, 6) is 0. The van der Waals surface area contributed by atoms with E-state index in [1.54, 1.807) is 35.6 Å². The van der Waals surface area contributed by atoms with Crippen LogP contribution in [0.15, 0.2) is 63.3 Å². The Morgan fingerprint density at radius 2 is 1.75 bits per heavy atom. The molecule has 1 fully saturated rings. The van der Waals surface area contributed by atoms with Crippen molar-refractivity contribution in [3.8, 4) is 11.3 Å². The number of hydrogen-bond donors (Lipinski definition) is 0. The summed E-state index contributed by atoms with van der Waals surface area (Å²) in [6, 6.07) is 14.3. The van der Waals surface area contributed by atoms with Gasteiger partial charge in [-0.25, -0.2) is 13.4 Å². The van der Waals surface area contributed by atoms with Gasteiger partial charge in [0, 0.05) is 46.6 Å². The number of sulfonamides is 1. The smallest absolute Gasteiger partial charge is 0.243 e. The van der Waals surface area contributed by atoms with Crippen LogP contribution in [0.25, 0.3) is 11.3 Å². The summed E-state index contributed by atoms with van der Waals surface area (Å²) in [6.07, 6.45) is 0. The number of nitrogens with zero attached hydrogens (tertiary/aromatic N) is 3. The fourth-order valence-corrected chi connectivity index (χ4v) is 5.90. The SMILES string of the molecule is O=S(=O)(c1ccc(Cl)cc1)N1CCN(c2nc(-c3cccc(Br)c3)cs2)CC1. The first-order chi connectivity index (χ1) is 13.4. The number of anilines is 1. The Bertz CT molecular complexity index is 1080. The molecule has 0 saturated carbocycles. The highest BCUT2D eigenvalue weighted by Gasteiger charge is 2.29. The molecule has 0 bridgehead atoms. The lowest BCUT2D eigenvalue weighted by molar-refractivity contribution is 0.385. The van der Waals surface area contributed by atoms with Gasteiger partial charge in [0.2, 0.25) is 10.0 Å². The molecular weight excluding hydrogens is 482 g/mol. The van der Waals surface area contributed by atoms with Crippen molar-refractivity contribution in [2.24, 2.45) is 0 Å². The third-order valence-electron chi connectivity index (χ3n) is 4.57. The van der Waals surface area contributed by atoms with Crippen LogP contribution in [0.5, 0.6) is 0 Å². The van der Waals surface area contributed by atoms with Gasteiger partial charge in [0.15, 0.2) is 5.13 Å². The standard InChI is InChI=1S/C19H17BrClN3O2S2/c20-15-3-1-2-14(12-15)18-13-27-19(22-18)23-8-10-24(11-9-23)28(25,26)17-6-4-16(21)5-7-17/h1-7,12-13H,8-11H2. The molecule has 3 aromatic rings. The molecule has 0 aliphatic carbocycles. The summed E-state index contributed by atoms with van der Waals surface area (Å²) in [5, 5.41) is 3.47. The Morgan fingerprint density at radius 3 is 2.43 bits per heavy atom. The van der Waals surface area contributed by atoms with Crippen LogP contribution in [0.3, 0.4) is 0 Å². The largest absolute Gasteiger partial charge is 0.345 e. The van der Waals surface area contributed by atoms with Gasteiger partial charge in [-0.1, -0.05) is 39.7 Å². The van der Waals surface area contributed by atoms with Gasteiger partial charge in [-0.15, -0.1) is 11.3 Å². The maximum Gasteiger partial charge on any atom is 0.243 e. The van der Waals surface area contributed by atoms with Crippen LogP contribution in [0.4, 0.5) is 5.13 Å². The van der Waals surface area contributed by atoms with E-state index in [1.807, 2.05) is 29.6 Å². The summed E-state index contributed by atoms with van der Waals surface area (Å²) in [5.41, 5.74) is 1.98. The highest BCUT2D eigenvalue weighted by atomic mass is 79.9. The predicted octanol–water partition coefficient (Wildman–Crippen LogP) is 4.74. The third kappa shape index (κ3) is 4.11. The van der Waals surface area contributed by atoms with Crippen molar-refractivity contribution in [1.29, 1.82) is 0 Å². The van der Waals surface area contributed by atoms with Crippen LogP contribution in [0, 0.1) is 0 Å². The van der Waals surface area contributed by atoms with E-state index in [0.717, 1.165) is 20.9 Å². The molecular formula is C19H17BrClN3O2S2. The lowest BCUT2D eigenvalue weighted by atomic mass is 10.2. The van der Waals surface area contributed by atoms with Gasteiger partial charge >= 0.3 is 0 Å². The van der Waals surface area contributed by atoms with E-state index in [1.165, 1.54) is 4.31 Å². The number of piperazine rings is 1. The van der Waals surface area contributed by atoms with Crippen LogP contribution in [-0.2, 0) is 10.0 Å². The quantitative estimate of drug-likeness (QED) is 0.521. The van der Waals surface area contributed by atoms with Gasteiger partial charge in [0.1, 0.15) is 0 Å². The van der Waals surface area contributed by atoms with E-state index in [-0.39, 0.29) is 4.90 Å². The van der Waals surface area contributed by atoms with Crippen molar-refractivity contribution in [3.63, 3.8) is 0 Å². The summed E-state index contributed by atoms with van der Waals surface area (Å²) < 4.78 is 28.2. The molecule has 5 nitrogen and oxygen atoms in total. The number of aromatic nitrogens is 1. The molecule has 0 atom stereocenters. The lowest BCUT2D eigenvalue weighted by Crippen LogP contribution is -2.48. The second-order valence-corrected chi connectivity index (χ2v) is 10.5. The predicted molar refractivity (Wildman–Crippen MR) is 118 cm³/mol. The second-order valence-electron chi connectivity index (χ2n) is 6.37. The Morgan fingerprint density at radius 1 is 1.04 bits per heavy atom. The minimum absolute atomic E-state index is 0.275. The van der Waals surface area contributed by atoms with E-state index in [4.69, 9.17) is 16.6 Å². The first-order valence-corrected chi connectivity index (χ1v) is 12.1. The molecule has 0 spiro atoms. The average molecular weight is 499 g/mol. The first-order valence-electron chi connectivity index (χ1n) is 8.65. The van der Waals surface area contributed by atoms with Gasteiger partial charge < -0.3 is 4.90 Å². The minimum Gasteiger partial charge on any atom is -0.345 e. The Labute approximate surface area is 181 Å². The fourth-order valence-electron chi connectivity index (χ4n) is 3.07. The number of thiazole rings is 1. The van der Waals surface area contributed by atoms with Crippen molar-refractivity contribution in [2.45, 2.75) is 4.90 Å². The summed E-state index contributed by atoms with van der Waals surface area (Å²) in [7, 11) is -3.50. The molecule has 0 radical (unpaired) electrons. The van der Waals surface area contributed by atoms with E-state index < -0.39 is 10.0 Å². The van der Waals surface area contributed by atoms with Crippen LogP contribution in [0.2, 0.25) is 5.02 Å². The van der Waals surface area contributed by atoms with Crippen LogP contribution < -0.4 is 4.90 Å². The van der Waals surface area contributed by atoms with Crippen LogP contribution >= 0.6 is 38.9 Å². The molecule has 1 aromatic heterocycles. The molecule has 4 rings (SSSR count). The molecule has 0 unspecified atom stereocenters. The molecule has 2 aromatic carbocycles. The molecule has 28 heavy (non-hydrogen) atoms. The second kappa shape index (κ2) is 8.12. The van der Waals surface area contributed by atoms with Gasteiger partial charge in [0.05, 0.1) is 10.6 Å². The normalized spacial score (nSPS) is 15.7. The summed E-state index contributed by atoms with van der Waals surface area (Å²) in [4.78, 5) is 7.15. The maximum atomic E-state index is 12.8. The minimum atomic E-state index is -3.50. The number of benzene rings is 2. The molecule has 0 amide bonds. The molecule has 1 aliphatic heterocycles. The number of hydrogen-bond acceptors (Lipinski definition) is 5. The van der Waals surface area contributed by atoms with Gasteiger partial charge in [0.25, 0.3) is 0 Å². The zero-order valence-electron chi connectivity index (χ0n) is 14.8. The van der Waals surface area contributed by atoms with Crippen molar-refractivity contribution in [1.82, 2.24) is 9.29 Å². The zero-order chi connectivity index (χ0) is 19.7. The zero-order valence-corrected chi connectivity index (χ0v) is 18.7. The van der Waals surface area contributed by atoms with Crippen molar-refractivity contribution < 1.29 is 8.42 Å². The number of rotatable bonds is 4. The van der Waals surface area contributed by atoms with Crippen LogP contribution in [0.1, 0.15) is 0 Å². The number of halogens is 2. The molecule has 146 valence electrons. The van der Waals surface area contributed by atoms with Crippen molar-refractivity contribution in [3.05, 3.63) is 63.4 Å². The van der Waals surface area contributed by atoms with Crippen molar-refractivity contribution >= 4 is 54.0 Å². The van der Waals surface area contributed by atoms with Crippen molar-refractivity contribution in [2.75, 3.05) is 31.1 Å². The summed E-state index contributed by atoms with van der Waals surface area (Å²) in [6.45, 7) is 2.07. The highest BCUT2D eigenvalue weighted by molar-refractivity contribution is 9.10. The fraction of sp³-hybridized carbons (Fsp3) is 0.211. The van der Waals surface area contributed by atoms with Crippen LogP contribution in [-0.4, -0.2) is 43.9 Å². The molecule has 9 heteroatoms. The maximum absolute atomic E-state index is 12.8. The van der Waals surface area contributed by atoms with E-state index >= 15 is 0 Å². The Balaban J connectivity index is 1.45. The molecule has 0 N–H and O–H groups in total. The third-order valence-corrected chi connectivity index (χ3v) is 8.13. The van der Waals surface area contributed by atoms with E-state index in [2.05, 4.69) is 20.8 Å².